The molecular weight excluding hydrogens is 230 g/mol. The lowest BCUT2D eigenvalue weighted by Crippen LogP contribution is -2.19. The molecule has 1 aliphatic carbocycles. The molecule has 0 saturated heterocycles. The van der Waals surface area contributed by atoms with Crippen molar-refractivity contribution in [1.82, 2.24) is 9.36 Å². The molecule has 0 aliphatic heterocycles. The number of aromatic nitrogens is 2. The predicted molar refractivity (Wildman–Crippen MR) is 71.3 cm³/mol. The molecule has 0 atom stereocenters. The summed E-state index contributed by atoms with van der Waals surface area (Å²) < 4.78 is 4.42. The first-order valence-electron chi connectivity index (χ1n) is 5.93. The molecule has 0 spiro atoms. The summed E-state index contributed by atoms with van der Waals surface area (Å²) in [5.41, 5.74) is 1.09. The fourth-order valence-corrected chi connectivity index (χ4v) is 2.50. The molecule has 4 heteroatoms. The Morgan fingerprint density at radius 1 is 1.29 bits per heavy atom. The largest absolute Gasteiger partial charge is 0.350 e. The Kier molecular flexibility index (Phi) is 2.81. The van der Waals surface area contributed by atoms with Gasteiger partial charge in [0.15, 0.2) is 5.82 Å². The van der Waals surface area contributed by atoms with Crippen LogP contribution in [0.4, 0.5) is 5.13 Å². The summed E-state index contributed by atoms with van der Waals surface area (Å²) >= 11 is 1.49. The van der Waals surface area contributed by atoms with E-state index in [0.29, 0.717) is 0 Å². The third-order valence-corrected chi connectivity index (χ3v) is 3.83. The molecule has 3 nitrogen and oxygen atoms in total. The Bertz CT molecular complexity index is 490. The second-order valence-electron chi connectivity index (χ2n) is 4.59. The van der Waals surface area contributed by atoms with Gasteiger partial charge in [-0.3, -0.25) is 0 Å². The highest BCUT2D eigenvalue weighted by molar-refractivity contribution is 7.09. The van der Waals surface area contributed by atoms with Gasteiger partial charge >= 0.3 is 0 Å². The smallest absolute Gasteiger partial charge is 0.205 e. The molecule has 1 aliphatic rings. The second kappa shape index (κ2) is 4.45. The van der Waals surface area contributed by atoms with E-state index in [1.54, 1.807) is 0 Å². The van der Waals surface area contributed by atoms with Crippen LogP contribution in [0.15, 0.2) is 30.3 Å². The van der Waals surface area contributed by atoms with E-state index in [9.17, 15) is 0 Å². The first kappa shape index (κ1) is 10.7. The van der Waals surface area contributed by atoms with E-state index >= 15 is 0 Å². The highest BCUT2D eigenvalue weighted by Crippen LogP contribution is 2.31. The highest BCUT2D eigenvalue weighted by atomic mass is 32.1. The first-order chi connectivity index (χ1) is 8.33. The van der Waals surface area contributed by atoms with E-state index in [0.717, 1.165) is 29.0 Å². The van der Waals surface area contributed by atoms with E-state index in [1.807, 2.05) is 30.3 Å². The summed E-state index contributed by atoms with van der Waals surface area (Å²) in [6.07, 6.45) is 2.74. The van der Waals surface area contributed by atoms with Crippen molar-refractivity contribution in [1.29, 1.82) is 0 Å². The van der Waals surface area contributed by atoms with Crippen LogP contribution < -0.4 is 4.90 Å². The van der Waals surface area contributed by atoms with Gasteiger partial charge in [-0.05, 0) is 18.8 Å². The predicted octanol–water partition coefficient (Wildman–Crippen LogP) is 3.05. The van der Waals surface area contributed by atoms with E-state index in [1.165, 1.54) is 24.4 Å². The normalized spacial score (nSPS) is 14.9. The Labute approximate surface area is 105 Å². The molecular formula is C13H15N3S. The van der Waals surface area contributed by atoms with Gasteiger partial charge in [0.05, 0.1) is 0 Å². The number of hydrogen-bond acceptors (Lipinski definition) is 4. The van der Waals surface area contributed by atoms with E-state index in [4.69, 9.17) is 0 Å². The molecule has 1 aromatic carbocycles. The van der Waals surface area contributed by atoms with Crippen molar-refractivity contribution in [3.63, 3.8) is 0 Å². The highest BCUT2D eigenvalue weighted by Gasteiger charge is 2.24. The van der Waals surface area contributed by atoms with Crippen molar-refractivity contribution in [3.8, 4) is 11.4 Å². The lowest BCUT2D eigenvalue weighted by atomic mass is 10.2. The van der Waals surface area contributed by atoms with E-state index in [2.05, 4.69) is 21.3 Å². The Hall–Kier alpha value is -1.42. The Balaban J connectivity index is 1.77. The van der Waals surface area contributed by atoms with Crippen LogP contribution >= 0.6 is 11.5 Å². The van der Waals surface area contributed by atoms with Gasteiger partial charge < -0.3 is 4.90 Å². The van der Waals surface area contributed by atoms with E-state index < -0.39 is 0 Å². The van der Waals surface area contributed by atoms with Gasteiger partial charge in [0.1, 0.15) is 0 Å². The molecule has 0 amide bonds. The molecule has 0 unspecified atom stereocenters. The summed E-state index contributed by atoms with van der Waals surface area (Å²) in [5, 5.41) is 1.02. The molecule has 1 heterocycles. The van der Waals surface area contributed by atoms with Gasteiger partial charge in [0.2, 0.25) is 5.13 Å². The topological polar surface area (TPSA) is 29.0 Å². The van der Waals surface area contributed by atoms with Crippen LogP contribution in [-0.4, -0.2) is 22.9 Å². The van der Waals surface area contributed by atoms with Crippen LogP contribution in [0.5, 0.6) is 0 Å². The summed E-state index contributed by atoms with van der Waals surface area (Å²) in [6.45, 7) is 1.11. The quantitative estimate of drug-likeness (QED) is 0.829. The minimum absolute atomic E-state index is 0.841. The molecule has 3 rings (SSSR count). The zero-order chi connectivity index (χ0) is 11.7. The summed E-state index contributed by atoms with van der Waals surface area (Å²) in [5.74, 6) is 1.72. The average molecular weight is 245 g/mol. The second-order valence-corrected chi connectivity index (χ2v) is 5.32. The third-order valence-electron chi connectivity index (χ3n) is 3.00. The fourth-order valence-electron chi connectivity index (χ4n) is 1.84. The van der Waals surface area contributed by atoms with Gasteiger partial charge in [-0.1, -0.05) is 30.3 Å². The van der Waals surface area contributed by atoms with Crippen molar-refractivity contribution in [2.24, 2.45) is 5.92 Å². The SMILES string of the molecule is CN(CC1CC1)c1nc(-c2ccccc2)ns1. The summed E-state index contributed by atoms with van der Waals surface area (Å²) in [6, 6.07) is 10.1. The molecule has 1 saturated carbocycles. The van der Waals surface area contributed by atoms with Gasteiger partial charge in [-0.25, -0.2) is 0 Å². The zero-order valence-corrected chi connectivity index (χ0v) is 10.7. The minimum Gasteiger partial charge on any atom is -0.350 e. The van der Waals surface area contributed by atoms with Crippen molar-refractivity contribution in [3.05, 3.63) is 30.3 Å². The number of rotatable bonds is 4. The summed E-state index contributed by atoms with van der Waals surface area (Å²) in [4.78, 5) is 6.82. The van der Waals surface area contributed by atoms with Crippen molar-refractivity contribution >= 4 is 16.7 Å². The maximum Gasteiger partial charge on any atom is 0.205 e. The standard InChI is InChI=1S/C13H15N3S/c1-16(9-10-7-8-10)13-14-12(15-17-13)11-5-3-2-4-6-11/h2-6,10H,7-9H2,1H3. The number of anilines is 1. The molecule has 88 valence electrons. The van der Waals surface area contributed by atoms with Gasteiger partial charge in [-0.2, -0.15) is 9.36 Å². The first-order valence-corrected chi connectivity index (χ1v) is 6.70. The van der Waals surface area contributed by atoms with Crippen LogP contribution in [0.1, 0.15) is 12.8 Å². The van der Waals surface area contributed by atoms with Crippen LogP contribution in [0.3, 0.4) is 0 Å². The van der Waals surface area contributed by atoms with Crippen LogP contribution in [0, 0.1) is 5.92 Å². The lowest BCUT2D eigenvalue weighted by Gasteiger charge is -2.13. The third kappa shape index (κ3) is 2.47. The monoisotopic (exact) mass is 245 g/mol. The molecule has 2 aromatic rings. The van der Waals surface area contributed by atoms with Crippen molar-refractivity contribution in [2.45, 2.75) is 12.8 Å². The molecule has 1 aromatic heterocycles. The van der Waals surface area contributed by atoms with Crippen LogP contribution in [0.25, 0.3) is 11.4 Å². The van der Waals surface area contributed by atoms with Gasteiger partial charge in [0.25, 0.3) is 0 Å². The molecule has 0 radical (unpaired) electrons. The van der Waals surface area contributed by atoms with Crippen molar-refractivity contribution < 1.29 is 0 Å². The van der Waals surface area contributed by atoms with Crippen LogP contribution in [-0.2, 0) is 0 Å². The molecule has 1 fully saturated rings. The van der Waals surface area contributed by atoms with Crippen molar-refractivity contribution in [2.75, 3.05) is 18.5 Å². The molecule has 0 bridgehead atoms. The summed E-state index contributed by atoms with van der Waals surface area (Å²) in [7, 11) is 2.10. The minimum atomic E-state index is 0.841. The maximum atomic E-state index is 4.59. The number of nitrogens with zero attached hydrogens (tertiary/aromatic N) is 3. The lowest BCUT2D eigenvalue weighted by molar-refractivity contribution is 0.785. The van der Waals surface area contributed by atoms with Gasteiger partial charge in [-0.15, -0.1) is 0 Å². The molecule has 17 heavy (non-hydrogen) atoms. The Morgan fingerprint density at radius 2 is 2.06 bits per heavy atom. The number of hydrogen-bond donors (Lipinski definition) is 0. The zero-order valence-electron chi connectivity index (χ0n) is 9.84. The van der Waals surface area contributed by atoms with E-state index in [-0.39, 0.29) is 0 Å². The number of benzene rings is 1. The average Bonchev–Trinajstić information content (AvgIpc) is 3.04. The van der Waals surface area contributed by atoms with Crippen LogP contribution in [0.2, 0.25) is 0 Å². The maximum absolute atomic E-state index is 4.59. The Morgan fingerprint density at radius 3 is 2.76 bits per heavy atom. The molecule has 0 N–H and O–H groups in total. The fraction of sp³-hybridized carbons (Fsp3) is 0.385. The van der Waals surface area contributed by atoms with Gasteiger partial charge in [0, 0.05) is 30.7 Å².